The van der Waals surface area contributed by atoms with E-state index >= 15 is 0 Å². The van der Waals surface area contributed by atoms with Gasteiger partial charge in [-0.3, -0.25) is 4.79 Å². The largest absolute Gasteiger partial charge is 0.418 e. The van der Waals surface area contributed by atoms with Crippen LogP contribution in [0.5, 0.6) is 0 Å². The molecule has 0 aliphatic heterocycles. The zero-order valence-electron chi connectivity index (χ0n) is 8.02. The lowest BCUT2D eigenvalue weighted by molar-refractivity contribution is -0.138. The molecule has 6 heteroatoms. The van der Waals surface area contributed by atoms with Gasteiger partial charge in [-0.2, -0.15) is 18.4 Å². The number of nitrogens with zero attached hydrogens (tertiary/aromatic N) is 1. The van der Waals surface area contributed by atoms with Crippen LogP contribution in [0.4, 0.5) is 13.2 Å². The lowest BCUT2D eigenvalue weighted by Crippen LogP contribution is -2.14. The van der Waals surface area contributed by atoms with E-state index in [1.165, 1.54) is 6.07 Å². The minimum Gasteiger partial charge on any atom is -0.294 e. The van der Waals surface area contributed by atoms with Crippen molar-refractivity contribution in [3.05, 3.63) is 33.3 Å². The molecule has 0 atom stereocenters. The van der Waals surface area contributed by atoms with Crippen LogP contribution < -0.4 is 0 Å². The molecule has 0 fully saturated rings. The van der Waals surface area contributed by atoms with Gasteiger partial charge >= 0.3 is 6.18 Å². The molecule has 1 aromatic carbocycles. The van der Waals surface area contributed by atoms with Crippen LogP contribution in [-0.4, -0.2) is 5.78 Å². The third-order valence-corrected chi connectivity index (χ3v) is 2.57. The lowest BCUT2D eigenvalue weighted by atomic mass is 9.98. The zero-order valence-corrected chi connectivity index (χ0v) is 9.61. The van der Waals surface area contributed by atoms with Crippen molar-refractivity contribution in [1.29, 1.82) is 5.26 Å². The van der Waals surface area contributed by atoms with Gasteiger partial charge in [0.1, 0.15) is 0 Å². The number of nitriles is 1. The van der Waals surface area contributed by atoms with Crippen molar-refractivity contribution in [2.45, 2.75) is 13.1 Å². The van der Waals surface area contributed by atoms with E-state index in [2.05, 4.69) is 15.9 Å². The third kappa shape index (κ3) is 2.25. The molecule has 0 unspecified atom stereocenters. The number of carbonyl (C=O) groups is 1. The van der Waals surface area contributed by atoms with Crippen molar-refractivity contribution < 1.29 is 18.0 Å². The number of rotatable bonds is 1. The molecule has 84 valence electrons. The summed E-state index contributed by atoms with van der Waals surface area (Å²) in [5, 5.41) is 8.66. The fourth-order valence-corrected chi connectivity index (χ4v) is 1.87. The molecule has 0 amide bonds. The number of alkyl halides is 3. The van der Waals surface area contributed by atoms with Gasteiger partial charge in [0, 0.05) is 10.0 Å². The quantitative estimate of drug-likeness (QED) is 0.743. The second-order valence-corrected chi connectivity index (χ2v) is 3.87. The summed E-state index contributed by atoms with van der Waals surface area (Å²) in [7, 11) is 0. The fourth-order valence-electron chi connectivity index (χ4n) is 1.31. The summed E-state index contributed by atoms with van der Waals surface area (Å²) in [6.45, 7) is 0.998. The normalized spacial score (nSPS) is 11.0. The first kappa shape index (κ1) is 12.7. The van der Waals surface area contributed by atoms with Gasteiger partial charge in [-0.1, -0.05) is 15.9 Å². The van der Waals surface area contributed by atoms with E-state index < -0.39 is 23.1 Å². The van der Waals surface area contributed by atoms with Crippen molar-refractivity contribution in [3.63, 3.8) is 0 Å². The molecule has 0 radical (unpaired) electrons. The Bertz CT molecular complexity index is 488. The van der Waals surface area contributed by atoms with Gasteiger partial charge in [-0.15, -0.1) is 0 Å². The number of ketones is 1. The topological polar surface area (TPSA) is 40.9 Å². The summed E-state index contributed by atoms with van der Waals surface area (Å²) in [4.78, 5) is 11.2. The van der Waals surface area contributed by atoms with Crippen molar-refractivity contribution in [2.75, 3.05) is 0 Å². The SMILES string of the molecule is CC(=O)c1c(C#N)ccc(Br)c1C(F)(F)F. The molecule has 0 aromatic heterocycles. The Balaban J connectivity index is 3.70. The zero-order chi connectivity index (χ0) is 12.5. The van der Waals surface area contributed by atoms with Gasteiger partial charge in [0.05, 0.1) is 17.2 Å². The standard InChI is InChI=1S/C10H5BrF3NO/c1-5(16)8-6(4-15)2-3-7(11)9(8)10(12,13)14/h2-3H,1H3. The van der Waals surface area contributed by atoms with Crippen LogP contribution in [0.3, 0.4) is 0 Å². The van der Waals surface area contributed by atoms with Crippen LogP contribution in [0.1, 0.15) is 28.4 Å². The Labute approximate surface area is 97.8 Å². The van der Waals surface area contributed by atoms with Crippen LogP contribution in [0, 0.1) is 11.3 Å². The molecule has 0 spiro atoms. The highest BCUT2D eigenvalue weighted by atomic mass is 79.9. The molecule has 0 saturated carbocycles. The Hall–Kier alpha value is -1.35. The van der Waals surface area contributed by atoms with Gasteiger partial charge in [-0.05, 0) is 19.1 Å². The average Bonchev–Trinajstić information content (AvgIpc) is 2.15. The molecule has 1 rings (SSSR count). The highest BCUT2D eigenvalue weighted by Gasteiger charge is 2.38. The number of carbonyl (C=O) groups excluding carboxylic acids is 1. The second-order valence-electron chi connectivity index (χ2n) is 3.01. The van der Waals surface area contributed by atoms with E-state index in [0.29, 0.717) is 0 Å². The Morgan fingerprint density at radius 3 is 2.38 bits per heavy atom. The first-order chi connectivity index (χ1) is 7.29. The first-order valence-corrected chi connectivity index (χ1v) is 4.89. The average molecular weight is 292 g/mol. The highest BCUT2D eigenvalue weighted by Crippen LogP contribution is 2.38. The number of Topliss-reactive ketones (excluding diaryl/α,β-unsaturated/α-hetero) is 1. The van der Waals surface area contributed by atoms with Crippen LogP contribution in [-0.2, 0) is 6.18 Å². The van der Waals surface area contributed by atoms with Crippen molar-refractivity contribution in [2.24, 2.45) is 0 Å². The summed E-state index contributed by atoms with van der Waals surface area (Å²) in [5.41, 5.74) is -1.97. The molecule has 1 aromatic rings. The summed E-state index contributed by atoms with van der Waals surface area (Å²) in [6.07, 6.45) is -4.67. The van der Waals surface area contributed by atoms with Gasteiger partial charge in [0.2, 0.25) is 0 Å². The summed E-state index contributed by atoms with van der Waals surface area (Å²) < 4.78 is 37.8. The van der Waals surface area contributed by atoms with Crippen LogP contribution in [0.25, 0.3) is 0 Å². The molecular weight excluding hydrogens is 287 g/mol. The summed E-state index contributed by atoms with van der Waals surface area (Å²) in [5.74, 6) is -0.787. The minimum atomic E-state index is -4.67. The molecule has 0 bridgehead atoms. The monoisotopic (exact) mass is 291 g/mol. The van der Waals surface area contributed by atoms with E-state index in [1.807, 2.05) is 0 Å². The van der Waals surface area contributed by atoms with Gasteiger partial charge < -0.3 is 0 Å². The Kier molecular flexibility index (Phi) is 3.38. The van der Waals surface area contributed by atoms with Crippen molar-refractivity contribution >= 4 is 21.7 Å². The fraction of sp³-hybridized carbons (Fsp3) is 0.200. The maximum absolute atomic E-state index is 12.7. The maximum Gasteiger partial charge on any atom is 0.418 e. The van der Waals surface area contributed by atoms with Crippen molar-refractivity contribution in [3.8, 4) is 6.07 Å². The first-order valence-electron chi connectivity index (χ1n) is 4.09. The van der Waals surface area contributed by atoms with E-state index in [0.717, 1.165) is 13.0 Å². The number of hydrogen-bond acceptors (Lipinski definition) is 2. The molecule has 0 aliphatic rings. The lowest BCUT2D eigenvalue weighted by Gasteiger charge is -2.13. The van der Waals surface area contributed by atoms with Gasteiger partial charge in [0.15, 0.2) is 5.78 Å². The van der Waals surface area contributed by atoms with E-state index in [9.17, 15) is 18.0 Å². The highest BCUT2D eigenvalue weighted by molar-refractivity contribution is 9.10. The van der Waals surface area contributed by atoms with E-state index in [4.69, 9.17) is 5.26 Å². The molecule has 0 saturated heterocycles. The van der Waals surface area contributed by atoms with Crippen LogP contribution >= 0.6 is 15.9 Å². The Morgan fingerprint density at radius 2 is 2.00 bits per heavy atom. The predicted molar refractivity (Wildman–Crippen MR) is 53.9 cm³/mol. The molecule has 16 heavy (non-hydrogen) atoms. The van der Waals surface area contributed by atoms with Crippen molar-refractivity contribution in [1.82, 2.24) is 0 Å². The molecule has 0 N–H and O–H groups in total. The molecule has 2 nitrogen and oxygen atoms in total. The molecule has 0 aliphatic carbocycles. The van der Waals surface area contributed by atoms with Gasteiger partial charge in [-0.25, -0.2) is 0 Å². The number of hydrogen-bond donors (Lipinski definition) is 0. The molecular formula is C10H5BrF3NO. The van der Waals surface area contributed by atoms with E-state index in [1.54, 1.807) is 6.07 Å². The third-order valence-electron chi connectivity index (χ3n) is 1.91. The van der Waals surface area contributed by atoms with Crippen LogP contribution in [0.15, 0.2) is 16.6 Å². The molecule has 0 heterocycles. The Morgan fingerprint density at radius 1 is 1.44 bits per heavy atom. The number of halogens is 4. The summed E-state index contributed by atoms with van der Waals surface area (Å²) in [6, 6.07) is 3.86. The predicted octanol–water partition coefficient (Wildman–Crippen LogP) is 3.54. The van der Waals surface area contributed by atoms with Gasteiger partial charge in [0.25, 0.3) is 0 Å². The summed E-state index contributed by atoms with van der Waals surface area (Å²) >= 11 is 2.73. The second kappa shape index (κ2) is 4.26. The number of benzene rings is 1. The smallest absolute Gasteiger partial charge is 0.294 e. The van der Waals surface area contributed by atoms with Crippen LogP contribution in [0.2, 0.25) is 0 Å². The minimum absolute atomic E-state index is 0.246. The maximum atomic E-state index is 12.7. The van der Waals surface area contributed by atoms with E-state index in [-0.39, 0.29) is 10.0 Å².